The molecule has 2 aliphatic rings. The predicted octanol–water partition coefficient (Wildman–Crippen LogP) is 1.72. The van der Waals surface area contributed by atoms with E-state index < -0.39 is 19.9 Å². The average Bonchev–Trinajstić information content (AvgIpc) is 3.05. The Morgan fingerprint density at radius 1 is 1.17 bits per heavy atom. The van der Waals surface area contributed by atoms with E-state index in [0.29, 0.717) is 43.5 Å². The van der Waals surface area contributed by atoms with E-state index in [9.17, 15) is 16.8 Å². The largest absolute Gasteiger partial charge is 0.357 e. The maximum Gasteiger partial charge on any atom is 0.243 e. The fourth-order valence-corrected chi connectivity index (χ4v) is 6.80. The van der Waals surface area contributed by atoms with Crippen LogP contribution in [0.15, 0.2) is 34.2 Å². The van der Waals surface area contributed by atoms with Crippen LogP contribution in [0.5, 0.6) is 0 Å². The zero-order valence-electron chi connectivity index (χ0n) is 17.2. The van der Waals surface area contributed by atoms with Crippen molar-refractivity contribution in [1.29, 1.82) is 0 Å². The highest BCUT2D eigenvalue weighted by Crippen LogP contribution is 2.21. The SMILES string of the molecule is CCNC(=NCc1ccc(S(=O)(=O)N2CCCCC2)cc1)NC1CCS(=O)(=O)C1.I. The molecule has 1 aromatic rings. The van der Waals surface area contributed by atoms with Gasteiger partial charge in [-0.1, -0.05) is 18.6 Å². The van der Waals surface area contributed by atoms with Crippen molar-refractivity contribution < 1.29 is 16.8 Å². The maximum absolute atomic E-state index is 12.7. The quantitative estimate of drug-likeness (QED) is 0.307. The molecule has 8 nitrogen and oxygen atoms in total. The van der Waals surface area contributed by atoms with Gasteiger partial charge in [0.05, 0.1) is 22.9 Å². The van der Waals surface area contributed by atoms with E-state index in [0.717, 1.165) is 24.8 Å². The molecule has 1 aromatic carbocycles. The number of hydrogen-bond acceptors (Lipinski definition) is 5. The smallest absolute Gasteiger partial charge is 0.243 e. The molecule has 11 heteroatoms. The minimum atomic E-state index is -3.43. The lowest BCUT2D eigenvalue weighted by Gasteiger charge is -2.25. The Morgan fingerprint density at radius 2 is 1.83 bits per heavy atom. The lowest BCUT2D eigenvalue weighted by atomic mass is 10.2. The number of halogens is 1. The van der Waals surface area contributed by atoms with Crippen LogP contribution in [0.25, 0.3) is 0 Å². The van der Waals surface area contributed by atoms with Crippen molar-refractivity contribution in [3.05, 3.63) is 29.8 Å². The number of rotatable bonds is 6. The predicted molar refractivity (Wildman–Crippen MR) is 129 cm³/mol. The van der Waals surface area contributed by atoms with Crippen molar-refractivity contribution in [2.45, 2.75) is 50.1 Å². The van der Waals surface area contributed by atoms with E-state index in [1.807, 2.05) is 6.92 Å². The molecular formula is C19H31IN4O4S2. The Bertz CT molecular complexity index is 928. The van der Waals surface area contributed by atoms with Gasteiger partial charge in [0.15, 0.2) is 15.8 Å². The number of nitrogens with one attached hydrogen (secondary N) is 2. The Balaban J connectivity index is 0.00000320. The Labute approximate surface area is 196 Å². The lowest BCUT2D eigenvalue weighted by molar-refractivity contribution is 0.346. The first-order valence-corrected chi connectivity index (χ1v) is 13.4. The van der Waals surface area contributed by atoms with Crippen molar-refractivity contribution in [3.63, 3.8) is 0 Å². The summed E-state index contributed by atoms with van der Waals surface area (Å²) in [6.45, 7) is 4.16. The molecule has 0 radical (unpaired) electrons. The van der Waals surface area contributed by atoms with Crippen LogP contribution >= 0.6 is 24.0 Å². The standard InChI is InChI=1S/C19H30N4O4S2.HI/c1-2-20-19(22-17-10-13-28(24,25)15-17)21-14-16-6-8-18(9-7-16)29(26,27)23-11-4-3-5-12-23;/h6-9,17H,2-5,10-15H2,1H3,(H2,20,21,22);1H. The highest BCUT2D eigenvalue weighted by atomic mass is 127. The summed E-state index contributed by atoms with van der Waals surface area (Å²) in [5.74, 6) is 0.900. The van der Waals surface area contributed by atoms with Gasteiger partial charge in [0.2, 0.25) is 10.0 Å². The second-order valence-corrected chi connectivity index (χ2v) is 11.7. The number of guanidine groups is 1. The molecule has 2 N–H and O–H groups in total. The van der Waals surface area contributed by atoms with E-state index in [-0.39, 0.29) is 41.5 Å². The minimum absolute atomic E-state index is 0. The van der Waals surface area contributed by atoms with Gasteiger partial charge in [-0.15, -0.1) is 24.0 Å². The van der Waals surface area contributed by atoms with E-state index in [2.05, 4.69) is 15.6 Å². The monoisotopic (exact) mass is 570 g/mol. The number of aliphatic imine (C=N–C) groups is 1. The number of benzene rings is 1. The van der Waals surface area contributed by atoms with Gasteiger partial charge in [0.1, 0.15) is 0 Å². The van der Waals surface area contributed by atoms with Crippen LogP contribution in [0.1, 0.15) is 38.2 Å². The van der Waals surface area contributed by atoms with Crippen LogP contribution in [0, 0.1) is 0 Å². The van der Waals surface area contributed by atoms with Crippen LogP contribution in [-0.2, 0) is 26.4 Å². The van der Waals surface area contributed by atoms with Crippen molar-refractivity contribution in [2.24, 2.45) is 4.99 Å². The van der Waals surface area contributed by atoms with Crippen LogP contribution in [-0.4, -0.2) is 64.3 Å². The summed E-state index contributed by atoms with van der Waals surface area (Å²) in [5.41, 5.74) is 0.888. The Morgan fingerprint density at radius 3 is 2.40 bits per heavy atom. The van der Waals surface area contributed by atoms with E-state index in [4.69, 9.17) is 0 Å². The van der Waals surface area contributed by atoms with Gasteiger partial charge in [0.25, 0.3) is 0 Å². The molecule has 0 amide bonds. The molecule has 0 bridgehead atoms. The second-order valence-electron chi connectivity index (χ2n) is 7.55. The molecule has 30 heavy (non-hydrogen) atoms. The summed E-state index contributed by atoms with van der Waals surface area (Å²) in [7, 11) is -6.39. The summed E-state index contributed by atoms with van der Waals surface area (Å²) in [5, 5.41) is 6.31. The van der Waals surface area contributed by atoms with Crippen LogP contribution in [0.4, 0.5) is 0 Å². The molecule has 2 fully saturated rings. The van der Waals surface area contributed by atoms with Gasteiger partial charge in [-0.05, 0) is 43.9 Å². The number of hydrogen-bond donors (Lipinski definition) is 2. The van der Waals surface area contributed by atoms with E-state index in [1.165, 1.54) is 0 Å². The number of nitrogens with zero attached hydrogens (tertiary/aromatic N) is 2. The van der Waals surface area contributed by atoms with E-state index >= 15 is 0 Å². The Kier molecular flexibility index (Phi) is 9.37. The normalized spacial score (nSPS) is 22.3. The molecule has 2 aliphatic heterocycles. The first-order valence-electron chi connectivity index (χ1n) is 10.1. The van der Waals surface area contributed by atoms with Gasteiger partial charge in [-0.25, -0.2) is 21.8 Å². The van der Waals surface area contributed by atoms with Crippen LogP contribution in [0.2, 0.25) is 0 Å². The van der Waals surface area contributed by atoms with E-state index in [1.54, 1.807) is 28.6 Å². The molecule has 0 saturated carbocycles. The number of sulfone groups is 1. The zero-order valence-corrected chi connectivity index (χ0v) is 21.2. The molecule has 1 unspecified atom stereocenters. The molecule has 0 spiro atoms. The van der Waals surface area contributed by atoms with Crippen molar-refractivity contribution in [3.8, 4) is 0 Å². The molecule has 1 atom stereocenters. The molecule has 0 aromatic heterocycles. The van der Waals surface area contributed by atoms with Crippen molar-refractivity contribution in [1.82, 2.24) is 14.9 Å². The van der Waals surface area contributed by atoms with Gasteiger partial charge in [-0.3, -0.25) is 0 Å². The Hall–Kier alpha value is -0.920. The van der Waals surface area contributed by atoms with Gasteiger partial charge in [-0.2, -0.15) is 4.31 Å². The fraction of sp³-hybridized carbons (Fsp3) is 0.632. The summed E-state index contributed by atoms with van der Waals surface area (Å²) < 4.78 is 50.3. The van der Waals surface area contributed by atoms with Crippen molar-refractivity contribution in [2.75, 3.05) is 31.1 Å². The topological polar surface area (TPSA) is 108 Å². The number of sulfonamides is 1. The maximum atomic E-state index is 12.7. The first kappa shape index (κ1) is 25.3. The molecular weight excluding hydrogens is 539 g/mol. The minimum Gasteiger partial charge on any atom is -0.357 e. The first-order chi connectivity index (χ1) is 13.8. The third kappa shape index (κ3) is 6.79. The molecule has 3 rings (SSSR count). The molecule has 2 heterocycles. The highest BCUT2D eigenvalue weighted by Gasteiger charge is 2.28. The van der Waals surface area contributed by atoms with Gasteiger partial charge < -0.3 is 10.6 Å². The third-order valence-electron chi connectivity index (χ3n) is 5.21. The van der Waals surface area contributed by atoms with Crippen LogP contribution < -0.4 is 10.6 Å². The van der Waals surface area contributed by atoms with Crippen molar-refractivity contribution >= 4 is 49.8 Å². The molecule has 2 saturated heterocycles. The fourth-order valence-electron chi connectivity index (χ4n) is 3.61. The molecule has 170 valence electrons. The zero-order chi connectivity index (χ0) is 20.9. The highest BCUT2D eigenvalue weighted by molar-refractivity contribution is 14.0. The lowest BCUT2D eigenvalue weighted by Crippen LogP contribution is -2.44. The second kappa shape index (κ2) is 11.1. The van der Waals surface area contributed by atoms with Gasteiger partial charge >= 0.3 is 0 Å². The number of piperidine rings is 1. The summed E-state index contributed by atoms with van der Waals surface area (Å²) in [4.78, 5) is 4.83. The van der Waals surface area contributed by atoms with Gasteiger partial charge in [0, 0.05) is 25.7 Å². The van der Waals surface area contributed by atoms with Crippen LogP contribution in [0.3, 0.4) is 0 Å². The molecule has 0 aliphatic carbocycles. The average molecular weight is 571 g/mol. The third-order valence-corrected chi connectivity index (χ3v) is 8.89. The summed E-state index contributed by atoms with van der Waals surface area (Å²) >= 11 is 0. The summed E-state index contributed by atoms with van der Waals surface area (Å²) in [6.07, 6.45) is 3.48. The summed E-state index contributed by atoms with van der Waals surface area (Å²) in [6, 6.07) is 6.71.